The Morgan fingerprint density at radius 3 is 2.73 bits per heavy atom. The van der Waals surface area contributed by atoms with Gasteiger partial charge >= 0.3 is 6.03 Å². The normalized spacial score (nSPS) is 18.2. The third-order valence-corrected chi connectivity index (χ3v) is 5.72. The van der Waals surface area contributed by atoms with E-state index >= 15 is 0 Å². The van der Waals surface area contributed by atoms with E-state index in [0.29, 0.717) is 24.1 Å². The van der Waals surface area contributed by atoms with Crippen LogP contribution in [0, 0.1) is 0 Å². The molecule has 0 aromatic carbocycles. The molecule has 2 aliphatic heterocycles. The molecule has 0 saturated carbocycles. The van der Waals surface area contributed by atoms with Gasteiger partial charge in [-0.15, -0.1) is 0 Å². The van der Waals surface area contributed by atoms with Crippen LogP contribution in [0.1, 0.15) is 19.3 Å². The maximum absolute atomic E-state index is 12.5. The molecule has 0 bridgehead atoms. The number of nitrogens with zero attached hydrogens (tertiary/aromatic N) is 4. The van der Waals surface area contributed by atoms with Gasteiger partial charge in [-0.25, -0.2) is 14.8 Å². The Labute approximate surface area is 156 Å². The number of hydrogen-bond acceptors (Lipinski definition) is 7. The molecule has 1 N–H and O–H groups in total. The molecule has 4 heterocycles. The van der Waals surface area contributed by atoms with Gasteiger partial charge in [0.15, 0.2) is 10.9 Å². The molecule has 2 aliphatic rings. The number of piperidine rings is 1. The number of aromatic nitrogens is 2. The summed E-state index contributed by atoms with van der Waals surface area (Å²) in [5, 5.41) is 3.53. The van der Waals surface area contributed by atoms with Gasteiger partial charge in [0.05, 0.1) is 26.5 Å². The lowest BCUT2D eigenvalue weighted by Gasteiger charge is -2.28. The number of anilines is 2. The van der Waals surface area contributed by atoms with E-state index in [9.17, 15) is 4.79 Å². The predicted octanol–water partition coefficient (Wildman–Crippen LogP) is 2.55. The lowest BCUT2D eigenvalue weighted by molar-refractivity contribution is 0.122. The molecule has 26 heavy (non-hydrogen) atoms. The van der Waals surface area contributed by atoms with Gasteiger partial charge in [-0.3, -0.25) is 5.32 Å². The van der Waals surface area contributed by atoms with Crippen molar-refractivity contribution in [1.29, 1.82) is 0 Å². The van der Waals surface area contributed by atoms with Crippen LogP contribution in [0.4, 0.5) is 15.7 Å². The van der Waals surface area contributed by atoms with Gasteiger partial charge in [0, 0.05) is 26.2 Å². The second-order valence-electron chi connectivity index (χ2n) is 6.42. The molecule has 8 nitrogen and oxygen atoms in total. The minimum absolute atomic E-state index is 0.0800. The smallest absolute Gasteiger partial charge is 0.323 e. The number of hydrogen-bond donors (Lipinski definition) is 1. The molecule has 0 radical (unpaired) electrons. The molecule has 4 rings (SSSR count). The number of methoxy groups -OCH3 is 1. The molecule has 9 heteroatoms. The number of nitrogens with one attached hydrogen (secondary N) is 1. The van der Waals surface area contributed by atoms with Gasteiger partial charge in [0.2, 0.25) is 0 Å². The summed E-state index contributed by atoms with van der Waals surface area (Å²) in [6.07, 6.45) is 5.01. The van der Waals surface area contributed by atoms with Crippen LogP contribution in [0.15, 0.2) is 6.20 Å². The second kappa shape index (κ2) is 7.63. The van der Waals surface area contributed by atoms with Crippen LogP contribution in [0.3, 0.4) is 0 Å². The lowest BCUT2D eigenvalue weighted by atomic mass is 10.1. The summed E-state index contributed by atoms with van der Waals surface area (Å²) in [6, 6.07) is -0.0800. The van der Waals surface area contributed by atoms with Crippen LogP contribution >= 0.6 is 11.3 Å². The number of rotatable bonds is 3. The molecular formula is C17H23N5O3S. The van der Waals surface area contributed by atoms with Crippen LogP contribution in [0.5, 0.6) is 5.75 Å². The van der Waals surface area contributed by atoms with Crippen LogP contribution in [-0.4, -0.2) is 67.4 Å². The third-order valence-electron chi connectivity index (χ3n) is 4.76. The topological polar surface area (TPSA) is 79.8 Å². The summed E-state index contributed by atoms with van der Waals surface area (Å²) in [4.78, 5) is 25.7. The Morgan fingerprint density at radius 2 is 2.00 bits per heavy atom. The number of amides is 2. The number of morpholine rings is 1. The highest BCUT2D eigenvalue weighted by Crippen LogP contribution is 2.38. The molecular weight excluding hydrogens is 354 g/mol. The minimum atomic E-state index is -0.0800. The summed E-state index contributed by atoms with van der Waals surface area (Å²) in [5.74, 6) is 1.49. The highest BCUT2D eigenvalue weighted by Gasteiger charge is 2.22. The summed E-state index contributed by atoms with van der Waals surface area (Å²) in [5.41, 5.74) is 0.739. The molecule has 2 aromatic rings. The number of fused-ring (bicyclic) bond motifs is 1. The van der Waals surface area contributed by atoms with Crippen molar-refractivity contribution in [2.45, 2.75) is 19.3 Å². The monoisotopic (exact) mass is 377 g/mol. The molecule has 2 amide bonds. The molecule has 2 aromatic heterocycles. The van der Waals surface area contributed by atoms with Crippen LogP contribution in [0.25, 0.3) is 10.2 Å². The van der Waals surface area contributed by atoms with Gasteiger partial charge < -0.3 is 19.3 Å². The number of carbonyl (C=O) groups excluding carboxylic acids is 1. The Kier molecular flexibility index (Phi) is 5.07. The summed E-state index contributed by atoms with van der Waals surface area (Å²) in [7, 11) is 1.61. The number of ether oxygens (including phenoxy) is 2. The number of carbonyl (C=O) groups is 1. The molecule has 0 spiro atoms. The van der Waals surface area contributed by atoms with Crippen molar-refractivity contribution in [2.75, 3.05) is 56.7 Å². The molecule has 0 aliphatic carbocycles. The van der Waals surface area contributed by atoms with E-state index in [4.69, 9.17) is 9.47 Å². The van der Waals surface area contributed by atoms with Crippen molar-refractivity contribution in [2.24, 2.45) is 0 Å². The van der Waals surface area contributed by atoms with E-state index in [0.717, 1.165) is 55.1 Å². The van der Waals surface area contributed by atoms with Crippen LogP contribution in [-0.2, 0) is 4.74 Å². The standard InChI is InChI=1S/C17H23N5O3S/c1-24-12-11-18-15(21-7-9-25-10-8-21)14-13(12)19-16(26-14)20-17(23)22-5-3-2-4-6-22/h11H,2-10H2,1H3,(H,19,20,23). The molecule has 140 valence electrons. The van der Waals surface area contributed by atoms with E-state index in [-0.39, 0.29) is 6.03 Å². The van der Waals surface area contributed by atoms with Crippen LogP contribution < -0.4 is 15.0 Å². The zero-order chi connectivity index (χ0) is 17.9. The highest BCUT2D eigenvalue weighted by molar-refractivity contribution is 7.23. The third kappa shape index (κ3) is 3.41. The first kappa shape index (κ1) is 17.3. The van der Waals surface area contributed by atoms with Crippen molar-refractivity contribution < 1.29 is 14.3 Å². The Morgan fingerprint density at radius 1 is 1.23 bits per heavy atom. The first-order valence-electron chi connectivity index (χ1n) is 8.98. The minimum Gasteiger partial charge on any atom is -0.493 e. The van der Waals surface area contributed by atoms with Crippen molar-refractivity contribution in [1.82, 2.24) is 14.9 Å². The zero-order valence-corrected chi connectivity index (χ0v) is 15.7. The number of likely N-dealkylation sites (tertiary alicyclic amines) is 1. The quantitative estimate of drug-likeness (QED) is 0.886. The van der Waals surface area contributed by atoms with Gasteiger partial charge in [-0.05, 0) is 19.3 Å². The molecule has 2 fully saturated rings. The van der Waals surface area contributed by atoms with E-state index < -0.39 is 0 Å². The zero-order valence-electron chi connectivity index (χ0n) is 14.9. The van der Waals surface area contributed by atoms with Gasteiger partial charge in [0.1, 0.15) is 16.0 Å². The van der Waals surface area contributed by atoms with Crippen molar-refractivity contribution >= 4 is 38.5 Å². The fourth-order valence-electron chi connectivity index (χ4n) is 3.35. The van der Waals surface area contributed by atoms with Gasteiger partial charge in [0.25, 0.3) is 0 Å². The number of thiazole rings is 1. The largest absolute Gasteiger partial charge is 0.493 e. The Bertz CT molecular complexity index is 784. The summed E-state index contributed by atoms with van der Waals surface area (Å²) >= 11 is 1.44. The van der Waals surface area contributed by atoms with Crippen LogP contribution in [0.2, 0.25) is 0 Å². The van der Waals surface area contributed by atoms with Crippen molar-refractivity contribution in [3.63, 3.8) is 0 Å². The fraction of sp³-hybridized carbons (Fsp3) is 0.588. The van der Waals surface area contributed by atoms with E-state index in [2.05, 4.69) is 20.2 Å². The average molecular weight is 377 g/mol. The van der Waals surface area contributed by atoms with Crippen molar-refractivity contribution in [3.8, 4) is 5.75 Å². The second-order valence-corrected chi connectivity index (χ2v) is 7.42. The number of urea groups is 1. The van der Waals surface area contributed by atoms with Gasteiger partial charge in [-0.2, -0.15) is 0 Å². The van der Waals surface area contributed by atoms with E-state index in [1.165, 1.54) is 17.8 Å². The SMILES string of the molecule is COc1cnc(N2CCOCC2)c2sc(NC(=O)N3CCCCC3)nc12. The van der Waals surface area contributed by atoms with Gasteiger partial charge in [-0.1, -0.05) is 11.3 Å². The summed E-state index contributed by atoms with van der Waals surface area (Å²) in [6.45, 7) is 4.57. The molecule has 0 unspecified atom stereocenters. The first-order valence-corrected chi connectivity index (χ1v) is 9.80. The average Bonchev–Trinajstić information content (AvgIpc) is 3.12. The molecule has 0 atom stereocenters. The Hall–Kier alpha value is -2.13. The summed E-state index contributed by atoms with van der Waals surface area (Å²) < 4.78 is 11.8. The maximum atomic E-state index is 12.5. The highest BCUT2D eigenvalue weighted by atomic mass is 32.1. The van der Waals surface area contributed by atoms with Crippen molar-refractivity contribution in [3.05, 3.63) is 6.20 Å². The van der Waals surface area contributed by atoms with E-state index in [1.807, 2.05) is 4.90 Å². The van der Waals surface area contributed by atoms with E-state index in [1.54, 1.807) is 13.3 Å². The first-order chi connectivity index (χ1) is 12.8. The maximum Gasteiger partial charge on any atom is 0.323 e. The molecule has 2 saturated heterocycles. The lowest BCUT2D eigenvalue weighted by Crippen LogP contribution is -2.38. The Balaban J connectivity index is 1.62. The predicted molar refractivity (Wildman–Crippen MR) is 101 cm³/mol. The fourth-order valence-corrected chi connectivity index (χ4v) is 4.33. The number of pyridine rings is 1.